The largest absolute Gasteiger partial charge is 0.326 e. The summed E-state index contributed by atoms with van der Waals surface area (Å²) < 4.78 is 0. The number of nitrogens with zero attached hydrogens (tertiary/aromatic N) is 1. The van der Waals surface area contributed by atoms with Crippen LogP contribution in [0.15, 0.2) is 42.5 Å². The maximum absolute atomic E-state index is 12.5. The van der Waals surface area contributed by atoms with Gasteiger partial charge in [-0.05, 0) is 36.8 Å². The van der Waals surface area contributed by atoms with Crippen molar-refractivity contribution in [3.63, 3.8) is 0 Å². The number of nitrogens with one attached hydrogen (secondary N) is 1. The summed E-state index contributed by atoms with van der Waals surface area (Å²) in [6.45, 7) is 2.31. The molecule has 2 aromatic rings. The molecule has 1 heterocycles. The monoisotopic (exact) mass is 362 g/mol. The molecule has 1 atom stereocenters. The quantitative estimate of drug-likeness (QED) is 0.884. The zero-order chi connectivity index (χ0) is 17.3. The second-order valence-electron chi connectivity index (χ2n) is 5.84. The standard InChI is InChI=1S/C18H16Cl2N2O2/c1-11-4-2-3-5-16(11)22-10-12(6-17(22)23)18(24)21-15-8-13(19)7-14(20)9-15/h2-5,7-9,12H,6,10H2,1H3,(H,21,24). The van der Waals surface area contributed by atoms with Gasteiger partial charge in [0.25, 0.3) is 0 Å². The van der Waals surface area contributed by atoms with Crippen molar-refractivity contribution >= 4 is 46.4 Å². The van der Waals surface area contributed by atoms with Crippen molar-refractivity contribution in [2.75, 3.05) is 16.8 Å². The van der Waals surface area contributed by atoms with Crippen molar-refractivity contribution in [2.24, 2.45) is 5.92 Å². The minimum Gasteiger partial charge on any atom is -0.326 e. The van der Waals surface area contributed by atoms with Gasteiger partial charge in [0.05, 0.1) is 5.92 Å². The fraction of sp³-hybridized carbons (Fsp3) is 0.222. The molecule has 2 amide bonds. The highest BCUT2D eigenvalue weighted by atomic mass is 35.5. The number of carbonyl (C=O) groups excluding carboxylic acids is 2. The Morgan fingerprint density at radius 1 is 1.17 bits per heavy atom. The zero-order valence-electron chi connectivity index (χ0n) is 13.1. The van der Waals surface area contributed by atoms with E-state index in [2.05, 4.69) is 5.32 Å². The molecule has 1 aliphatic heterocycles. The van der Waals surface area contributed by atoms with Crippen molar-refractivity contribution in [3.8, 4) is 0 Å². The maximum atomic E-state index is 12.5. The number of anilines is 2. The van der Waals surface area contributed by atoms with Crippen molar-refractivity contribution in [3.05, 3.63) is 58.1 Å². The fourth-order valence-corrected chi connectivity index (χ4v) is 3.38. The van der Waals surface area contributed by atoms with Crippen molar-refractivity contribution in [1.82, 2.24) is 0 Å². The highest BCUT2D eigenvalue weighted by Crippen LogP contribution is 2.29. The number of halogens is 2. The van der Waals surface area contributed by atoms with Gasteiger partial charge in [-0.25, -0.2) is 0 Å². The Morgan fingerprint density at radius 2 is 1.83 bits per heavy atom. The molecule has 24 heavy (non-hydrogen) atoms. The molecule has 3 rings (SSSR count). The van der Waals surface area contributed by atoms with Gasteiger partial charge in [-0.1, -0.05) is 41.4 Å². The van der Waals surface area contributed by atoms with Gasteiger partial charge >= 0.3 is 0 Å². The van der Waals surface area contributed by atoms with Crippen LogP contribution in [-0.2, 0) is 9.59 Å². The summed E-state index contributed by atoms with van der Waals surface area (Å²) in [6.07, 6.45) is 0.189. The van der Waals surface area contributed by atoms with Crippen LogP contribution in [0.25, 0.3) is 0 Å². The Hall–Kier alpha value is -2.04. The Bertz CT molecular complexity index is 787. The first kappa shape index (κ1) is 16.8. The first-order valence-corrected chi connectivity index (χ1v) is 8.32. The van der Waals surface area contributed by atoms with E-state index in [1.165, 1.54) is 0 Å². The summed E-state index contributed by atoms with van der Waals surface area (Å²) in [5, 5.41) is 3.68. The van der Waals surface area contributed by atoms with Crippen LogP contribution in [-0.4, -0.2) is 18.4 Å². The van der Waals surface area contributed by atoms with Crippen LogP contribution in [0.1, 0.15) is 12.0 Å². The number of benzene rings is 2. The normalized spacial score (nSPS) is 17.2. The number of hydrogen-bond donors (Lipinski definition) is 1. The van der Waals surface area contributed by atoms with Crippen LogP contribution in [0.3, 0.4) is 0 Å². The average Bonchev–Trinajstić information content (AvgIpc) is 2.88. The van der Waals surface area contributed by atoms with Gasteiger partial charge in [0, 0.05) is 34.4 Å². The highest BCUT2D eigenvalue weighted by molar-refractivity contribution is 6.35. The summed E-state index contributed by atoms with van der Waals surface area (Å²) in [6, 6.07) is 12.5. The predicted molar refractivity (Wildman–Crippen MR) is 96.7 cm³/mol. The lowest BCUT2D eigenvalue weighted by Crippen LogP contribution is -2.28. The number of para-hydroxylation sites is 1. The summed E-state index contributed by atoms with van der Waals surface area (Å²) in [4.78, 5) is 26.4. The highest BCUT2D eigenvalue weighted by Gasteiger charge is 2.35. The molecule has 0 aliphatic carbocycles. The smallest absolute Gasteiger partial charge is 0.229 e. The number of amides is 2. The van der Waals surface area contributed by atoms with E-state index in [0.717, 1.165) is 11.3 Å². The lowest BCUT2D eigenvalue weighted by atomic mass is 10.1. The van der Waals surface area contributed by atoms with Crippen LogP contribution in [0.4, 0.5) is 11.4 Å². The van der Waals surface area contributed by atoms with Crippen molar-refractivity contribution in [2.45, 2.75) is 13.3 Å². The predicted octanol–water partition coefficient (Wildman–Crippen LogP) is 4.29. The lowest BCUT2D eigenvalue weighted by Gasteiger charge is -2.19. The third kappa shape index (κ3) is 3.55. The Labute approximate surface area is 150 Å². The van der Waals surface area contributed by atoms with E-state index in [1.807, 2.05) is 31.2 Å². The molecular formula is C18H16Cl2N2O2. The van der Waals surface area contributed by atoms with E-state index < -0.39 is 5.92 Å². The van der Waals surface area contributed by atoms with Gasteiger partial charge in [-0.2, -0.15) is 0 Å². The molecule has 0 aromatic heterocycles. The second kappa shape index (κ2) is 6.83. The molecule has 0 bridgehead atoms. The minimum absolute atomic E-state index is 0.0476. The first-order valence-electron chi connectivity index (χ1n) is 7.57. The molecule has 0 radical (unpaired) electrons. The van der Waals surface area contributed by atoms with Gasteiger partial charge in [-0.3, -0.25) is 9.59 Å². The summed E-state index contributed by atoms with van der Waals surface area (Å²) in [5.41, 5.74) is 2.39. The number of rotatable bonds is 3. The molecule has 1 fully saturated rings. The maximum Gasteiger partial charge on any atom is 0.229 e. The second-order valence-corrected chi connectivity index (χ2v) is 6.71. The summed E-state index contributed by atoms with van der Waals surface area (Å²) in [7, 11) is 0. The number of aryl methyl sites for hydroxylation is 1. The van der Waals surface area contributed by atoms with E-state index in [4.69, 9.17) is 23.2 Å². The summed E-state index contributed by atoms with van der Waals surface area (Å²) in [5.74, 6) is -0.666. The van der Waals surface area contributed by atoms with Crippen LogP contribution in [0.2, 0.25) is 10.0 Å². The van der Waals surface area contributed by atoms with Gasteiger partial charge in [-0.15, -0.1) is 0 Å². The van der Waals surface area contributed by atoms with Gasteiger partial charge in [0.15, 0.2) is 0 Å². The summed E-state index contributed by atoms with van der Waals surface area (Å²) >= 11 is 11.9. The van der Waals surface area contributed by atoms with E-state index >= 15 is 0 Å². The number of hydrogen-bond acceptors (Lipinski definition) is 2. The van der Waals surface area contributed by atoms with Gasteiger partial charge in [0.2, 0.25) is 11.8 Å². The molecule has 1 unspecified atom stereocenters. The molecule has 4 nitrogen and oxygen atoms in total. The van der Waals surface area contributed by atoms with E-state index in [0.29, 0.717) is 22.3 Å². The van der Waals surface area contributed by atoms with E-state index in [9.17, 15) is 9.59 Å². The zero-order valence-corrected chi connectivity index (χ0v) is 14.6. The van der Waals surface area contributed by atoms with Crippen LogP contribution in [0, 0.1) is 12.8 Å². The van der Waals surface area contributed by atoms with Crippen molar-refractivity contribution < 1.29 is 9.59 Å². The Kier molecular flexibility index (Phi) is 4.78. The van der Waals surface area contributed by atoms with Crippen LogP contribution < -0.4 is 10.2 Å². The Balaban J connectivity index is 1.73. The molecule has 0 spiro atoms. The molecule has 6 heteroatoms. The molecule has 0 saturated carbocycles. The lowest BCUT2D eigenvalue weighted by molar-refractivity contribution is -0.122. The van der Waals surface area contributed by atoms with Crippen molar-refractivity contribution in [1.29, 1.82) is 0 Å². The van der Waals surface area contributed by atoms with E-state index in [-0.39, 0.29) is 18.2 Å². The topological polar surface area (TPSA) is 49.4 Å². The molecular weight excluding hydrogens is 347 g/mol. The SMILES string of the molecule is Cc1ccccc1N1CC(C(=O)Nc2cc(Cl)cc(Cl)c2)CC1=O. The molecule has 1 aliphatic rings. The minimum atomic E-state index is -0.408. The molecule has 1 saturated heterocycles. The van der Waals surface area contributed by atoms with Crippen LogP contribution in [0.5, 0.6) is 0 Å². The molecule has 1 N–H and O–H groups in total. The van der Waals surface area contributed by atoms with Gasteiger partial charge < -0.3 is 10.2 Å². The van der Waals surface area contributed by atoms with E-state index in [1.54, 1.807) is 23.1 Å². The van der Waals surface area contributed by atoms with Gasteiger partial charge in [0.1, 0.15) is 0 Å². The molecule has 124 valence electrons. The number of carbonyl (C=O) groups is 2. The fourth-order valence-electron chi connectivity index (χ4n) is 2.85. The van der Waals surface area contributed by atoms with Crippen LogP contribution >= 0.6 is 23.2 Å². The third-order valence-electron chi connectivity index (χ3n) is 4.03. The first-order chi connectivity index (χ1) is 11.4. The Morgan fingerprint density at radius 3 is 2.50 bits per heavy atom. The average molecular weight is 363 g/mol. The third-order valence-corrected chi connectivity index (χ3v) is 4.47. The molecule has 2 aromatic carbocycles.